The van der Waals surface area contributed by atoms with Crippen LogP contribution in [0.15, 0.2) is 16.6 Å². The molecular formula is C7H7BrClNO3S. The number of anilines is 1. The van der Waals surface area contributed by atoms with Crippen LogP contribution in [0.3, 0.4) is 0 Å². The minimum absolute atomic E-state index is 0.124. The Labute approximate surface area is 95.3 Å². The van der Waals surface area contributed by atoms with Crippen molar-refractivity contribution < 1.29 is 12.6 Å². The van der Waals surface area contributed by atoms with Crippen molar-refractivity contribution in [2.75, 3.05) is 12.0 Å². The maximum atomic E-state index is 10.8. The Hall–Kier alpha value is -0.460. The van der Waals surface area contributed by atoms with Gasteiger partial charge in [-0.05, 0) is 22.0 Å². The monoisotopic (exact) mass is 299 g/mol. The molecule has 1 aromatic carbocycles. The van der Waals surface area contributed by atoms with Gasteiger partial charge in [-0.2, -0.15) is 8.42 Å². The van der Waals surface area contributed by atoms with Crippen LogP contribution < -0.4 is 9.92 Å². The summed E-state index contributed by atoms with van der Waals surface area (Å²) in [6, 6.07) is 2.77. The van der Waals surface area contributed by atoms with Crippen LogP contribution in [0.25, 0.3) is 0 Å². The zero-order valence-corrected chi connectivity index (χ0v) is 10.3. The third-order valence-electron chi connectivity index (χ3n) is 1.30. The van der Waals surface area contributed by atoms with Crippen molar-refractivity contribution in [1.82, 2.24) is 0 Å². The van der Waals surface area contributed by atoms with E-state index in [1.54, 1.807) is 0 Å². The maximum absolute atomic E-state index is 10.8. The lowest BCUT2D eigenvalue weighted by Gasteiger charge is -2.06. The Kier molecular flexibility index (Phi) is 3.28. The quantitative estimate of drug-likeness (QED) is 0.670. The van der Waals surface area contributed by atoms with Gasteiger partial charge in [-0.1, -0.05) is 11.6 Å². The van der Waals surface area contributed by atoms with E-state index in [4.69, 9.17) is 17.3 Å². The highest BCUT2D eigenvalue weighted by Gasteiger charge is 2.09. The number of hydrogen-bond donors (Lipinski definition) is 1. The minimum Gasteiger partial charge on any atom is -0.397 e. The summed E-state index contributed by atoms with van der Waals surface area (Å²) in [6.07, 6.45) is 0.950. The Morgan fingerprint density at radius 1 is 1.50 bits per heavy atom. The summed E-state index contributed by atoms with van der Waals surface area (Å²) in [5, 5.41) is 0.234. The first kappa shape index (κ1) is 11.6. The fraction of sp³-hybridized carbons (Fsp3) is 0.143. The van der Waals surface area contributed by atoms with E-state index in [0.29, 0.717) is 10.2 Å². The van der Waals surface area contributed by atoms with Gasteiger partial charge in [0.05, 0.1) is 17.0 Å². The second kappa shape index (κ2) is 3.96. The third-order valence-corrected chi connectivity index (χ3v) is 2.76. The van der Waals surface area contributed by atoms with Crippen molar-refractivity contribution >= 4 is 43.3 Å². The second-order valence-corrected chi connectivity index (χ2v) is 5.42. The van der Waals surface area contributed by atoms with Gasteiger partial charge in [0.1, 0.15) is 5.75 Å². The van der Waals surface area contributed by atoms with Gasteiger partial charge in [-0.25, -0.2) is 0 Å². The average Bonchev–Trinajstić information content (AvgIpc) is 1.96. The molecule has 0 radical (unpaired) electrons. The summed E-state index contributed by atoms with van der Waals surface area (Å²) in [7, 11) is -3.54. The highest BCUT2D eigenvalue weighted by molar-refractivity contribution is 9.10. The molecule has 0 saturated carbocycles. The molecule has 0 saturated heterocycles. The molecule has 0 aliphatic rings. The molecule has 78 valence electrons. The standard InChI is InChI=1S/C7H7BrClNO3S/c1-14(11,12)13-4-2-5(8)7(10)6(9)3-4/h2-3H,10H2,1H3. The Morgan fingerprint density at radius 2 is 2.07 bits per heavy atom. The van der Waals surface area contributed by atoms with Gasteiger partial charge in [0, 0.05) is 10.5 Å². The van der Waals surface area contributed by atoms with Crippen LogP contribution in [-0.4, -0.2) is 14.7 Å². The fourth-order valence-corrected chi connectivity index (χ4v) is 1.99. The molecule has 0 bridgehead atoms. The van der Waals surface area contributed by atoms with E-state index in [9.17, 15) is 8.42 Å². The van der Waals surface area contributed by atoms with E-state index >= 15 is 0 Å². The summed E-state index contributed by atoms with van der Waals surface area (Å²) < 4.78 is 26.7. The Morgan fingerprint density at radius 3 is 2.50 bits per heavy atom. The van der Waals surface area contributed by atoms with Gasteiger partial charge < -0.3 is 9.92 Å². The molecule has 14 heavy (non-hydrogen) atoms. The fourth-order valence-electron chi connectivity index (χ4n) is 0.784. The van der Waals surface area contributed by atoms with Gasteiger partial charge >= 0.3 is 10.1 Å². The third kappa shape index (κ3) is 3.04. The first-order valence-electron chi connectivity index (χ1n) is 3.43. The molecule has 0 aliphatic carbocycles. The molecule has 0 atom stereocenters. The predicted octanol–water partition coefficient (Wildman–Crippen LogP) is 2.02. The zero-order valence-electron chi connectivity index (χ0n) is 7.12. The van der Waals surface area contributed by atoms with E-state index in [0.717, 1.165) is 6.26 Å². The predicted molar refractivity (Wildman–Crippen MR) is 59.0 cm³/mol. The first-order valence-corrected chi connectivity index (χ1v) is 6.42. The van der Waals surface area contributed by atoms with Crippen molar-refractivity contribution in [3.05, 3.63) is 21.6 Å². The van der Waals surface area contributed by atoms with E-state index in [2.05, 4.69) is 20.1 Å². The van der Waals surface area contributed by atoms with Crippen LogP contribution in [0.4, 0.5) is 5.69 Å². The van der Waals surface area contributed by atoms with Crippen LogP contribution in [0, 0.1) is 0 Å². The van der Waals surface area contributed by atoms with Crippen LogP contribution >= 0.6 is 27.5 Å². The van der Waals surface area contributed by atoms with Crippen molar-refractivity contribution in [2.24, 2.45) is 0 Å². The Balaban J connectivity index is 3.14. The van der Waals surface area contributed by atoms with Crippen molar-refractivity contribution in [2.45, 2.75) is 0 Å². The number of rotatable bonds is 2. The summed E-state index contributed by atoms with van der Waals surface area (Å²) in [5.74, 6) is 0.124. The topological polar surface area (TPSA) is 69.4 Å². The Bertz CT molecular complexity index is 437. The van der Waals surface area contributed by atoms with Gasteiger partial charge in [0.2, 0.25) is 0 Å². The molecule has 1 aromatic rings. The maximum Gasteiger partial charge on any atom is 0.306 e. The molecule has 0 spiro atoms. The molecule has 2 N–H and O–H groups in total. The smallest absolute Gasteiger partial charge is 0.306 e. The van der Waals surface area contributed by atoms with E-state index in [1.807, 2.05) is 0 Å². The largest absolute Gasteiger partial charge is 0.397 e. The first-order chi connectivity index (χ1) is 6.29. The van der Waals surface area contributed by atoms with Gasteiger partial charge in [0.15, 0.2) is 0 Å². The molecule has 0 heterocycles. The minimum atomic E-state index is -3.54. The normalized spacial score (nSPS) is 11.4. The van der Waals surface area contributed by atoms with E-state index < -0.39 is 10.1 Å². The van der Waals surface area contributed by atoms with E-state index in [1.165, 1.54) is 12.1 Å². The summed E-state index contributed by atoms with van der Waals surface area (Å²) in [4.78, 5) is 0. The number of hydrogen-bond acceptors (Lipinski definition) is 4. The number of benzene rings is 1. The van der Waals surface area contributed by atoms with Gasteiger partial charge in [-0.3, -0.25) is 0 Å². The molecule has 0 aromatic heterocycles. The van der Waals surface area contributed by atoms with E-state index in [-0.39, 0.29) is 10.8 Å². The van der Waals surface area contributed by atoms with Crippen LogP contribution in [0.2, 0.25) is 5.02 Å². The number of nitrogen functional groups attached to an aromatic ring is 1. The highest BCUT2D eigenvalue weighted by Crippen LogP contribution is 2.32. The molecule has 7 heteroatoms. The lowest BCUT2D eigenvalue weighted by molar-refractivity contribution is 0.493. The molecule has 0 aliphatic heterocycles. The number of nitrogens with two attached hydrogens (primary N) is 1. The van der Waals surface area contributed by atoms with Crippen molar-refractivity contribution in [3.63, 3.8) is 0 Å². The SMILES string of the molecule is CS(=O)(=O)Oc1cc(Cl)c(N)c(Br)c1. The molecule has 0 fully saturated rings. The molecule has 4 nitrogen and oxygen atoms in total. The number of halogens is 2. The average molecular weight is 301 g/mol. The van der Waals surface area contributed by atoms with Crippen molar-refractivity contribution in [3.8, 4) is 5.75 Å². The van der Waals surface area contributed by atoms with Gasteiger partial charge in [-0.15, -0.1) is 0 Å². The highest BCUT2D eigenvalue weighted by atomic mass is 79.9. The van der Waals surface area contributed by atoms with Crippen LogP contribution in [-0.2, 0) is 10.1 Å². The summed E-state index contributed by atoms with van der Waals surface area (Å²) in [5.41, 5.74) is 5.87. The molecule has 0 amide bonds. The van der Waals surface area contributed by atoms with Gasteiger partial charge in [0.25, 0.3) is 0 Å². The second-order valence-electron chi connectivity index (χ2n) is 2.59. The van der Waals surface area contributed by atoms with Crippen LogP contribution in [0.5, 0.6) is 5.75 Å². The van der Waals surface area contributed by atoms with Crippen molar-refractivity contribution in [1.29, 1.82) is 0 Å². The summed E-state index contributed by atoms with van der Waals surface area (Å²) >= 11 is 8.84. The van der Waals surface area contributed by atoms with Crippen LogP contribution in [0.1, 0.15) is 0 Å². The molecule has 1 rings (SSSR count). The molecular weight excluding hydrogens is 294 g/mol. The molecule has 0 unspecified atom stereocenters. The lowest BCUT2D eigenvalue weighted by Crippen LogP contribution is -2.06. The summed E-state index contributed by atoms with van der Waals surface area (Å²) in [6.45, 7) is 0. The lowest BCUT2D eigenvalue weighted by atomic mass is 10.3. The zero-order chi connectivity index (χ0) is 10.9.